The number of carbonyl (C=O) groups is 7. The second-order valence-electron chi connectivity index (χ2n) is 11.9. The second kappa shape index (κ2) is 10.2. The molecular formula is C33H30N2O10. The number of anilines is 2. The molecule has 2 heterocycles. The van der Waals surface area contributed by atoms with Gasteiger partial charge >= 0.3 is 17.9 Å². The molecule has 12 nitrogen and oxygen atoms in total. The monoisotopic (exact) mass is 614 g/mol. The Balaban J connectivity index is 1.48. The summed E-state index contributed by atoms with van der Waals surface area (Å²) in [6, 6.07) is 11.5. The molecule has 7 rings (SSSR count). The lowest BCUT2D eigenvalue weighted by Crippen LogP contribution is -2.66. The zero-order valence-corrected chi connectivity index (χ0v) is 25.2. The van der Waals surface area contributed by atoms with Gasteiger partial charge in [-0.15, -0.1) is 0 Å². The van der Waals surface area contributed by atoms with E-state index in [9.17, 15) is 33.6 Å². The summed E-state index contributed by atoms with van der Waals surface area (Å²) in [5.41, 5.74) is -2.49. The standard InChI is InChI=1S/C33H30N2O10/c1-6-43-31(42)33-16(2)15-32(5,23-25(33)29(40)34(27(23)38)19-7-11-21(12-8-19)44-17(3)36)24-26(33)30(41)35(28(24)39)20-9-13-22(14-10-20)45-18(4)37/h7-15,23-26H,6H2,1-5H3/t23-,24+,25-,26+,32?,33?. The van der Waals surface area contributed by atoms with Gasteiger partial charge in [0.25, 0.3) is 0 Å². The van der Waals surface area contributed by atoms with Crippen LogP contribution >= 0.6 is 0 Å². The Hall–Kier alpha value is -5.13. The number of hydrogen-bond acceptors (Lipinski definition) is 10. The molecule has 2 aromatic rings. The number of benzene rings is 2. The van der Waals surface area contributed by atoms with Crippen molar-refractivity contribution < 1.29 is 47.8 Å². The summed E-state index contributed by atoms with van der Waals surface area (Å²) in [6.07, 6.45) is 1.68. The van der Waals surface area contributed by atoms with E-state index in [4.69, 9.17) is 14.2 Å². The Morgan fingerprint density at radius 1 is 0.689 bits per heavy atom. The molecule has 3 fully saturated rings. The average molecular weight is 615 g/mol. The quantitative estimate of drug-likeness (QED) is 0.205. The van der Waals surface area contributed by atoms with Crippen LogP contribution in [0.4, 0.5) is 11.4 Å². The molecule has 0 spiro atoms. The Morgan fingerprint density at radius 3 is 1.42 bits per heavy atom. The highest BCUT2D eigenvalue weighted by Crippen LogP contribution is 2.71. The van der Waals surface area contributed by atoms with Crippen LogP contribution in [0.3, 0.4) is 0 Å². The van der Waals surface area contributed by atoms with Crippen molar-refractivity contribution in [2.75, 3.05) is 16.4 Å². The van der Waals surface area contributed by atoms with Crippen LogP contribution in [0, 0.1) is 34.5 Å². The Morgan fingerprint density at radius 2 is 1.07 bits per heavy atom. The summed E-state index contributed by atoms with van der Waals surface area (Å²) in [5, 5.41) is 0. The summed E-state index contributed by atoms with van der Waals surface area (Å²) < 4.78 is 15.7. The number of esters is 3. The van der Waals surface area contributed by atoms with Crippen LogP contribution in [-0.2, 0) is 38.3 Å². The van der Waals surface area contributed by atoms with Gasteiger partial charge in [-0.1, -0.05) is 18.6 Å². The Bertz CT molecular complexity index is 1620. The third-order valence-corrected chi connectivity index (χ3v) is 9.44. The number of hydrogen-bond donors (Lipinski definition) is 0. The van der Waals surface area contributed by atoms with E-state index in [2.05, 4.69) is 0 Å². The maximum atomic E-state index is 14.4. The molecule has 6 atom stereocenters. The number of carbonyl (C=O) groups excluding carboxylic acids is 7. The molecule has 0 N–H and O–H groups in total. The lowest BCUT2D eigenvalue weighted by molar-refractivity contribution is -0.182. The van der Waals surface area contributed by atoms with Crippen molar-refractivity contribution in [3.63, 3.8) is 0 Å². The van der Waals surface area contributed by atoms with Gasteiger partial charge in [0, 0.05) is 19.3 Å². The van der Waals surface area contributed by atoms with Gasteiger partial charge in [-0.05, 0) is 62.4 Å². The molecular weight excluding hydrogens is 584 g/mol. The van der Waals surface area contributed by atoms with E-state index in [1.165, 1.54) is 62.4 Å². The van der Waals surface area contributed by atoms with Crippen molar-refractivity contribution in [2.45, 2.75) is 34.6 Å². The van der Waals surface area contributed by atoms with Crippen LogP contribution in [-0.4, -0.2) is 48.1 Å². The van der Waals surface area contributed by atoms with E-state index in [0.29, 0.717) is 5.57 Å². The zero-order chi connectivity index (χ0) is 32.6. The molecule has 0 radical (unpaired) electrons. The molecule has 0 aromatic heterocycles. The van der Waals surface area contributed by atoms with E-state index < -0.39 is 76.0 Å². The fourth-order valence-corrected chi connectivity index (χ4v) is 7.99. The average Bonchev–Trinajstić information content (AvgIpc) is 3.40. The van der Waals surface area contributed by atoms with Crippen molar-refractivity contribution in [2.24, 2.45) is 34.5 Å². The zero-order valence-electron chi connectivity index (χ0n) is 25.2. The third-order valence-electron chi connectivity index (χ3n) is 9.44. The first-order valence-corrected chi connectivity index (χ1v) is 14.5. The molecule has 1 saturated carbocycles. The van der Waals surface area contributed by atoms with Gasteiger partial charge < -0.3 is 14.2 Å². The van der Waals surface area contributed by atoms with E-state index >= 15 is 0 Å². The van der Waals surface area contributed by atoms with Gasteiger partial charge in [0.1, 0.15) is 16.9 Å². The first-order valence-electron chi connectivity index (χ1n) is 14.5. The number of ether oxygens (including phenoxy) is 3. The van der Waals surface area contributed by atoms with Crippen LogP contribution in [0.2, 0.25) is 0 Å². The highest BCUT2D eigenvalue weighted by Gasteiger charge is 2.82. The molecule has 45 heavy (non-hydrogen) atoms. The van der Waals surface area contributed by atoms with Gasteiger partial charge in [0.2, 0.25) is 23.6 Å². The minimum atomic E-state index is -1.93. The summed E-state index contributed by atoms with van der Waals surface area (Å²) in [7, 11) is 0. The fraction of sp³-hybridized carbons (Fsp3) is 0.364. The molecule has 4 amide bonds. The molecule has 2 aliphatic heterocycles. The third kappa shape index (κ3) is 4.00. The highest BCUT2D eigenvalue weighted by molar-refractivity contribution is 6.29. The number of amides is 4. The van der Waals surface area contributed by atoms with Gasteiger partial charge in [0.05, 0.1) is 41.7 Å². The number of rotatable bonds is 6. The van der Waals surface area contributed by atoms with E-state index in [1.807, 2.05) is 0 Å². The predicted molar refractivity (Wildman–Crippen MR) is 155 cm³/mol. The van der Waals surface area contributed by atoms with E-state index in [-0.39, 0.29) is 29.5 Å². The van der Waals surface area contributed by atoms with Crippen molar-refractivity contribution in [1.82, 2.24) is 0 Å². The molecule has 232 valence electrons. The first kappa shape index (κ1) is 29.9. The summed E-state index contributed by atoms with van der Waals surface area (Å²) >= 11 is 0. The maximum Gasteiger partial charge on any atom is 0.317 e. The number of allylic oxidation sites excluding steroid dienone is 1. The summed E-state index contributed by atoms with van der Waals surface area (Å²) in [6.45, 7) is 7.32. The minimum Gasteiger partial charge on any atom is -0.465 e. The van der Waals surface area contributed by atoms with Crippen LogP contribution in [0.15, 0.2) is 60.2 Å². The van der Waals surface area contributed by atoms with Crippen molar-refractivity contribution >= 4 is 52.9 Å². The molecule has 2 aromatic carbocycles. The topological polar surface area (TPSA) is 154 Å². The summed E-state index contributed by atoms with van der Waals surface area (Å²) in [5.74, 6) is -9.10. The lowest BCUT2D eigenvalue weighted by atomic mass is 9.39. The molecule has 2 saturated heterocycles. The van der Waals surface area contributed by atoms with Crippen molar-refractivity contribution in [3.05, 3.63) is 60.2 Å². The van der Waals surface area contributed by atoms with Gasteiger partial charge in [-0.3, -0.25) is 33.6 Å². The second-order valence-corrected chi connectivity index (χ2v) is 11.9. The number of imide groups is 2. The van der Waals surface area contributed by atoms with E-state index in [0.717, 1.165) is 9.80 Å². The molecule has 12 heteroatoms. The lowest BCUT2D eigenvalue weighted by Gasteiger charge is -2.58. The number of nitrogens with zero attached hydrogens (tertiary/aromatic N) is 2. The van der Waals surface area contributed by atoms with Crippen LogP contribution in [0.25, 0.3) is 0 Å². The minimum absolute atomic E-state index is 0.0627. The maximum absolute atomic E-state index is 14.4. The van der Waals surface area contributed by atoms with Crippen LogP contribution in [0.5, 0.6) is 11.5 Å². The normalized spacial score (nSPS) is 29.8. The van der Waals surface area contributed by atoms with Crippen molar-refractivity contribution in [3.8, 4) is 11.5 Å². The molecule has 2 bridgehead atoms. The Labute approximate surface area is 257 Å². The van der Waals surface area contributed by atoms with Crippen molar-refractivity contribution in [1.29, 1.82) is 0 Å². The van der Waals surface area contributed by atoms with Gasteiger partial charge in [0.15, 0.2) is 0 Å². The largest absolute Gasteiger partial charge is 0.465 e. The molecule has 5 aliphatic rings. The predicted octanol–water partition coefficient (Wildman–Crippen LogP) is 2.98. The molecule has 3 aliphatic carbocycles. The SMILES string of the molecule is CCOC(=O)C12C(C)=CC(C)([C@@H]3C(=O)N(c4ccc(OC(C)=O)cc4)C(=O)[C@H]31)[C@H]1C(=O)N(c3ccc(OC(C)=O)cc3)C(=O)[C@@H]12. The Kier molecular flexibility index (Phi) is 6.79. The van der Waals surface area contributed by atoms with Crippen LogP contribution < -0.4 is 19.3 Å². The highest BCUT2D eigenvalue weighted by atomic mass is 16.5. The first-order chi connectivity index (χ1) is 21.3. The van der Waals surface area contributed by atoms with E-state index in [1.54, 1.807) is 26.8 Å². The molecule has 2 unspecified atom stereocenters. The fourth-order valence-electron chi connectivity index (χ4n) is 7.99. The van der Waals surface area contributed by atoms with Gasteiger partial charge in [-0.2, -0.15) is 0 Å². The smallest absolute Gasteiger partial charge is 0.317 e. The summed E-state index contributed by atoms with van der Waals surface area (Å²) in [4.78, 5) is 96.2. The van der Waals surface area contributed by atoms with Gasteiger partial charge in [-0.25, -0.2) is 9.80 Å². The van der Waals surface area contributed by atoms with Crippen LogP contribution in [0.1, 0.15) is 34.6 Å².